The Hall–Kier alpha value is -1.27. The van der Waals surface area contributed by atoms with E-state index in [-0.39, 0.29) is 5.38 Å². The standard InChI is InChI=1S/C18H21Cl/c1-12-6-8-17(15(4)9-12)18(19)11-16-10-13(2)5-7-14(16)3/h5-10,18H,11H2,1-4H3. The van der Waals surface area contributed by atoms with Gasteiger partial charge in [0.05, 0.1) is 5.38 Å². The molecule has 0 spiro atoms. The number of benzene rings is 2. The maximum Gasteiger partial charge on any atom is 0.0628 e. The minimum absolute atomic E-state index is 0.0427. The van der Waals surface area contributed by atoms with Crippen LogP contribution in [0.5, 0.6) is 0 Å². The van der Waals surface area contributed by atoms with Crippen molar-refractivity contribution in [2.75, 3.05) is 0 Å². The summed E-state index contributed by atoms with van der Waals surface area (Å²) in [5.41, 5.74) is 7.78. The van der Waals surface area contributed by atoms with Gasteiger partial charge >= 0.3 is 0 Å². The lowest BCUT2D eigenvalue weighted by atomic mass is 9.95. The van der Waals surface area contributed by atoms with Gasteiger partial charge in [0, 0.05) is 0 Å². The molecule has 0 N–H and O–H groups in total. The van der Waals surface area contributed by atoms with Crippen molar-refractivity contribution in [3.05, 3.63) is 69.8 Å². The van der Waals surface area contributed by atoms with Crippen LogP contribution >= 0.6 is 11.6 Å². The number of rotatable bonds is 3. The fourth-order valence-electron chi connectivity index (χ4n) is 2.50. The first-order valence-electron chi connectivity index (χ1n) is 6.74. The van der Waals surface area contributed by atoms with Crippen LogP contribution in [-0.4, -0.2) is 0 Å². The second-order valence-corrected chi connectivity index (χ2v) is 5.99. The van der Waals surface area contributed by atoms with Crippen molar-refractivity contribution in [1.29, 1.82) is 0 Å². The van der Waals surface area contributed by atoms with Crippen LogP contribution in [0.15, 0.2) is 36.4 Å². The molecule has 1 atom stereocenters. The Balaban J connectivity index is 2.25. The third kappa shape index (κ3) is 3.39. The van der Waals surface area contributed by atoms with Crippen LogP contribution < -0.4 is 0 Å². The van der Waals surface area contributed by atoms with Crippen LogP contribution in [0.4, 0.5) is 0 Å². The highest BCUT2D eigenvalue weighted by molar-refractivity contribution is 6.21. The lowest BCUT2D eigenvalue weighted by molar-refractivity contribution is 0.899. The topological polar surface area (TPSA) is 0 Å². The summed E-state index contributed by atoms with van der Waals surface area (Å²) in [5, 5.41) is 0.0427. The van der Waals surface area contributed by atoms with E-state index in [1.165, 1.54) is 33.4 Å². The van der Waals surface area contributed by atoms with Gasteiger partial charge in [0.1, 0.15) is 0 Å². The molecule has 0 radical (unpaired) electrons. The van der Waals surface area contributed by atoms with E-state index in [9.17, 15) is 0 Å². The zero-order chi connectivity index (χ0) is 14.0. The summed E-state index contributed by atoms with van der Waals surface area (Å²) in [6.45, 7) is 8.54. The van der Waals surface area contributed by atoms with Gasteiger partial charge in [-0.2, -0.15) is 0 Å². The molecular formula is C18H21Cl. The molecule has 0 nitrogen and oxygen atoms in total. The van der Waals surface area contributed by atoms with Crippen LogP contribution in [0.2, 0.25) is 0 Å². The number of hydrogen-bond donors (Lipinski definition) is 0. The fourth-order valence-corrected chi connectivity index (χ4v) is 2.91. The predicted octanol–water partition coefficient (Wildman–Crippen LogP) is 5.44. The number of hydrogen-bond acceptors (Lipinski definition) is 0. The van der Waals surface area contributed by atoms with Crippen molar-refractivity contribution in [2.45, 2.75) is 39.5 Å². The Morgan fingerprint density at radius 3 is 2.16 bits per heavy atom. The highest BCUT2D eigenvalue weighted by Crippen LogP contribution is 2.29. The van der Waals surface area contributed by atoms with Crippen molar-refractivity contribution in [1.82, 2.24) is 0 Å². The van der Waals surface area contributed by atoms with Crippen molar-refractivity contribution < 1.29 is 0 Å². The van der Waals surface area contributed by atoms with E-state index in [0.29, 0.717) is 0 Å². The average molecular weight is 273 g/mol. The van der Waals surface area contributed by atoms with Crippen LogP contribution in [0.3, 0.4) is 0 Å². The number of alkyl halides is 1. The average Bonchev–Trinajstić information content (AvgIpc) is 2.33. The fraction of sp³-hybridized carbons (Fsp3) is 0.333. The summed E-state index contributed by atoms with van der Waals surface area (Å²) >= 11 is 6.62. The molecule has 0 aliphatic heterocycles. The lowest BCUT2D eigenvalue weighted by Gasteiger charge is -2.15. The van der Waals surface area contributed by atoms with Gasteiger partial charge in [0.2, 0.25) is 0 Å². The minimum atomic E-state index is 0.0427. The Kier molecular flexibility index (Phi) is 4.31. The van der Waals surface area contributed by atoms with Gasteiger partial charge in [-0.25, -0.2) is 0 Å². The number of aryl methyl sites for hydroxylation is 4. The predicted molar refractivity (Wildman–Crippen MR) is 84.1 cm³/mol. The molecule has 0 aliphatic carbocycles. The Bertz CT molecular complexity index is 584. The molecule has 100 valence electrons. The van der Waals surface area contributed by atoms with Gasteiger partial charge in [-0.1, -0.05) is 47.5 Å². The van der Waals surface area contributed by atoms with Crippen molar-refractivity contribution in [2.24, 2.45) is 0 Å². The van der Waals surface area contributed by atoms with Crippen LogP contribution in [0.25, 0.3) is 0 Å². The van der Waals surface area contributed by atoms with Gasteiger partial charge in [0.15, 0.2) is 0 Å². The molecule has 2 rings (SSSR count). The second-order valence-electron chi connectivity index (χ2n) is 5.46. The Morgan fingerprint density at radius 1 is 0.842 bits per heavy atom. The normalized spacial score (nSPS) is 12.5. The smallest absolute Gasteiger partial charge is 0.0628 e. The maximum atomic E-state index is 6.62. The van der Waals surface area contributed by atoms with Gasteiger partial charge in [-0.3, -0.25) is 0 Å². The Morgan fingerprint density at radius 2 is 1.47 bits per heavy atom. The van der Waals surface area contributed by atoms with E-state index >= 15 is 0 Å². The highest BCUT2D eigenvalue weighted by atomic mass is 35.5. The molecule has 0 saturated carbocycles. The van der Waals surface area contributed by atoms with E-state index in [4.69, 9.17) is 11.6 Å². The molecular weight excluding hydrogens is 252 g/mol. The molecule has 1 unspecified atom stereocenters. The first-order valence-corrected chi connectivity index (χ1v) is 7.18. The summed E-state index contributed by atoms with van der Waals surface area (Å²) in [7, 11) is 0. The SMILES string of the molecule is Cc1ccc(C(Cl)Cc2cc(C)ccc2C)c(C)c1. The first-order chi connectivity index (χ1) is 8.97. The van der Waals surface area contributed by atoms with Crippen molar-refractivity contribution in [3.8, 4) is 0 Å². The molecule has 0 bridgehead atoms. The van der Waals surface area contributed by atoms with Gasteiger partial charge in [-0.15, -0.1) is 11.6 Å². The molecule has 2 aromatic carbocycles. The third-order valence-corrected chi connectivity index (χ3v) is 4.06. The van der Waals surface area contributed by atoms with Crippen LogP contribution in [-0.2, 0) is 6.42 Å². The highest BCUT2D eigenvalue weighted by Gasteiger charge is 2.13. The molecule has 19 heavy (non-hydrogen) atoms. The van der Waals surface area contributed by atoms with Crippen molar-refractivity contribution >= 4 is 11.6 Å². The monoisotopic (exact) mass is 272 g/mol. The molecule has 2 aromatic rings. The van der Waals surface area contributed by atoms with E-state index in [1.54, 1.807) is 0 Å². The third-order valence-electron chi connectivity index (χ3n) is 3.67. The van der Waals surface area contributed by atoms with Crippen LogP contribution in [0, 0.1) is 27.7 Å². The Labute approximate surface area is 121 Å². The second kappa shape index (κ2) is 5.79. The summed E-state index contributed by atoms with van der Waals surface area (Å²) in [4.78, 5) is 0. The molecule has 0 saturated heterocycles. The summed E-state index contributed by atoms with van der Waals surface area (Å²) in [6.07, 6.45) is 0.888. The molecule has 0 heterocycles. The molecule has 1 heteroatoms. The van der Waals surface area contributed by atoms with Crippen LogP contribution in [0.1, 0.15) is 38.8 Å². The summed E-state index contributed by atoms with van der Waals surface area (Å²) < 4.78 is 0. The maximum absolute atomic E-state index is 6.62. The quantitative estimate of drug-likeness (QED) is 0.653. The summed E-state index contributed by atoms with van der Waals surface area (Å²) in [6, 6.07) is 13.1. The zero-order valence-electron chi connectivity index (χ0n) is 12.1. The summed E-state index contributed by atoms with van der Waals surface area (Å²) in [5.74, 6) is 0. The minimum Gasteiger partial charge on any atom is -0.117 e. The van der Waals surface area contributed by atoms with E-state index in [1.807, 2.05) is 0 Å². The molecule has 0 fully saturated rings. The lowest BCUT2D eigenvalue weighted by Crippen LogP contribution is -2.01. The zero-order valence-corrected chi connectivity index (χ0v) is 12.9. The molecule has 0 amide bonds. The van der Waals surface area contributed by atoms with Crippen molar-refractivity contribution in [3.63, 3.8) is 0 Å². The van der Waals surface area contributed by atoms with E-state index in [2.05, 4.69) is 64.1 Å². The van der Waals surface area contributed by atoms with Gasteiger partial charge in [-0.05, 0) is 56.4 Å². The molecule has 0 aromatic heterocycles. The first kappa shape index (κ1) is 14.1. The van der Waals surface area contributed by atoms with E-state index < -0.39 is 0 Å². The largest absolute Gasteiger partial charge is 0.117 e. The van der Waals surface area contributed by atoms with Gasteiger partial charge < -0.3 is 0 Å². The number of halogens is 1. The van der Waals surface area contributed by atoms with Gasteiger partial charge in [0.25, 0.3) is 0 Å². The van der Waals surface area contributed by atoms with E-state index in [0.717, 1.165) is 6.42 Å². The molecule has 0 aliphatic rings.